The fourth-order valence-corrected chi connectivity index (χ4v) is 1.06. The molecule has 0 aromatic heterocycles. The molecule has 0 aliphatic heterocycles. The molecule has 0 amide bonds. The van der Waals surface area contributed by atoms with Gasteiger partial charge in [0, 0.05) is 18.1 Å². The van der Waals surface area contributed by atoms with E-state index < -0.39 is 30.6 Å². The number of ether oxygens (including phenoxy) is 4. The highest BCUT2D eigenvalue weighted by molar-refractivity contribution is 5.88. The van der Waals surface area contributed by atoms with E-state index in [2.05, 4.69) is 17.9 Å². The van der Waals surface area contributed by atoms with Crippen molar-refractivity contribution in [3.63, 3.8) is 0 Å². The van der Waals surface area contributed by atoms with Crippen LogP contribution in [-0.2, 0) is 28.5 Å². The average molecular weight is 322 g/mol. The fourth-order valence-electron chi connectivity index (χ4n) is 1.06. The molecule has 0 fully saturated rings. The van der Waals surface area contributed by atoms with Crippen molar-refractivity contribution in [2.75, 3.05) is 13.2 Å². The molecule has 0 aromatic rings. The van der Waals surface area contributed by atoms with E-state index in [-0.39, 0.29) is 17.8 Å². The minimum atomic E-state index is -3.64. The number of carbonyl (C=O) groups is 2. The van der Waals surface area contributed by atoms with Crippen molar-refractivity contribution < 1.29 is 37.3 Å². The first-order chi connectivity index (χ1) is 9.92. The second-order valence-electron chi connectivity index (χ2n) is 4.56. The molecule has 0 N–H and O–H groups in total. The zero-order valence-electron chi connectivity index (χ0n) is 13.0. The summed E-state index contributed by atoms with van der Waals surface area (Å²) in [6, 6.07) is 0. The van der Waals surface area contributed by atoms with E-state index in [4.69, 9.17) is 14.2 Å². The van der Waals surface area contributed by atoms with E-state index in [1.54, 1.807) is 0 Å². The molecule has 0 rings (SSSR count). The topological polar surface area (TPSA) is 71.1 Å². The Morgan fingerprint density at radius 2 is 1.41 bits per heavy atom. The summed E-state index contributed by atoms with van der Waals surface area (Å²) in [6.07, 6.45) is -3.64. The van der Waals surface area contributed by atoms with E-state index in [1.807, 2.05) is 0 Å². The lowest BCUT2D eigenvalue weighted by molar-refractivity contribution is -0.369. The first kappa shape index (κ1) is 20.2. The smallest absolute Gasteiger partial charge is 0.379 e. The van der Waals surface area contributed by atoms with Gasteiger partial charge in [-0.15, -0.1) is 0 Å². The Hall–Kier alpha value is -1.80. The molecule has 8 heteroatoms. The van der Waals surface area contributed by atoms with Crippen LogP contribution in [0.3, 0.4) is 0 Å². The number of alkyl halides is 2. The molecule has 0 radical (unpaired) electrons. The zero-order chi connectivity index (χ0) is 17.6. The lowest BCUT2D eigenvalue weighted by atomic mass is 10.3. The van der Waals surface area contributed by atoms with Gasteiger partial charge in [0.2, 0.25) is 0 Å². The lowest BCUT2D eigenvalue weighted by Crippen LogP contribution is -2.43. The molecule has 0 saturated heterocycles. The van der Waals surface area contributed by atoms with Gasteiger partial charge in [0.05, 0.1) is 6.61 Å². The first-order valence-corrected chi connectivity index (χ1v) is 6.36. The van der Waals surface area contributed by atoms with Crippen molar-refractivity contribution in [2.24, 2.45) is 0 Å². The van der Waals surface area contributed by atoms with Crippen LogP contribution in [0.15, 0.2) is 24.3 Å². The van der Waals surface area contributed by atoms with E-state index in [9.17, 15) is 18.4 Å². The van der Waals surface area contributed by atoms with Crippen LogP contribution in [0.25, 0.3) is 0 Å². The summed E-state index contributed by atoms with van der Waals surface area (Å²) in [5.74, 6) is -4.32. The second kappa shape index (κ2) is 8.00. The Balaban J connectivity index is 5.07. The van der Waals surface area contributed by atoms with Crippen molar-refractivity contribution in [3.8, 4) is 0 Å². The second-order valence-corrected chi connectivity index (χ2v) is 4.56. The Morgan fingerprint density at radius 1 is 1.00 bits per heavy atom. The van der Waals surface area contributed by atoms with Crippen LogP contribution in [0.5, 0.6) is 0 Å². The highest BCUT2D eigenvalue weighted by Gasteiger charge is 2.40. The van der Waals surface area contributed by atoms with E-state index in [0.29, 0.717) is 0 Å². The van der Waals surface area contributed by atoms with Gasteiger partial charge in [-0.1, -0.05) is 13.2 Å². The third kappa shape index (κ3) is 7.28. The van der Waals surface area contributed by atoms with Crippen molar-refractivity contribution in [3.05, 3.63) is 24.3 Å². The van der Waals surface area contributed by atoms with Crippen LogP contribution in [0.1, 0.15) is 27.7 Å². The molecule has 6 nitrogen and oxygen atoms in total. The standard InChI is InChI=1S/C14H20F2O6/c1-7-19-14(15,16)8-20-13(6,21-11(17)9(2)3)22-12(18)10(4)5/h2,4,7-8H2,1,3,5-6H3. The van der Waals surface area contributed by atoms with Crippen molar-refractivity contribution in [1.29, 1.82) is 0 Å². The summed E-state index contributed by atoms with van der Waals surface area (Å²) in [6.45, 7) is 10.1. The Kier molecular flexibility index (Phi) is 7.34. The minimum absolute atomic E-state index is 0.0298. The van der Waals surface area contributed by atoms with Crippen molar-refractivity contribution >= 4 is 11.9 Å². The predicted octanol–water partition coefficient (Wildman–Crippen LogP) is 2.54. The molecule has 0 unspecified atom stereocenters. The maximum absolute atomic E-state index is 13.3. The van der Waals surface area contributed by atoms with Gasteiger partial charge >= 0.3 is 24.0 Å². The third-order valence-electron chi connectivity index (χ3n) is 2.11. The van der Waals surface area contributed by atoms with Gasteiger partial charge in [0.25, 0.3) is 0 Å². The summed E-state index contributed by atoms with van der Waals surface area (Å²) in [4.78, 5) is 23.1. The van der Waals surface area contributed by atoms with Gasteiger partial charge in [0.1, 0.15) is 6.61 Å². The average Bonchev–Trinajstić information content (AvgIpc) is 2.36. The monoisotopic (exact) mass is 322 g/mol. The van der Waals surface area contributed by atoms with Crippen LogP contribution in [-0.4, -0.2) is 37.2 Å². The molecular weight excluding hydrogens is 302 g/mol. The summed E-state index contributed by atoms with van der Waals surface area (Å²) >= 11 is 0. The summed E-state index contributed by atoms with van der Waals surface area (Å²) < 4.78 is 45.0. The number of hydrogen-bond acceptors (Lipinski definition) is 6. The fraction of sp³-hybridized carbons (Fsp3) is 0.571. The Labute approximate surface area is 127 Å². The van der Waals surface area contributed by atoms with Crippen LogP contribution in [0.2, 0.25) is 0 Å². The molecule has 0 aliphatic carbocycles. The molecule has 0 atom stereocenters. The van der Waals surface area contributed by atoms with Gasteiger partial charge in [-0.2, -0.15) is 8.78 Å². The van der Waals surface area contributed by atoms with Gasteiger partial charge < -0.3 is 14.2 Å². The van der Waals surface area contributed by atoms with Gasteiger partial charge in [-0.05, 0) is 20.8 Å². The summed E-state index contributed by atoms with van der Waals surface area (Å²) in [5, 5.41) is 0. The molecule has 126 valence electrons. The largest absolute Gasteiger partial charge is 0.395 e. The normalized spacial score (nSPS) is 11.7. The highest BCUT2D eigenvalue weighted by atomic mass is 19.3. The first-order valence-electron chi connectivity index (χ1n) is 6.36. The molecule has 0 heterocycles. The maximum atomic E-state index is 13.3. The van der Waals surface area contributed by atoms with E-state index in [1.165, 1.54) is 20.8 Å². The van der Waals surface area contributed by atoms with Crippen molar-refractivity contribution in [2.45, 2.75) is 39.8 Å². The Morgan fingerprint density at radius 3 is 1.73 bits per heavy atom. The Bertz CT molecular complexity index is 430. The maximum Gasteiger partial charge on any atom is 0.379 e. The zero-order valence-corrected chi connectivity index (χ0v) is 13.0. The number of rotatable bonds is 9. The minimum Gasteiger partial charge on any atom is -0.395 e. The number of hydrogen-bond donors (Lipinski definition) is 0. The van der Waals surface area contributed by atoms with E-state index in [0.717, 1.165) is 6.92 Å². The van der Waals surface area contributed by atoms with Gasteiger partial charge in [0.15, 0.2) is 0 Å². The molecule has 0 saturated carbocycles. The van der Waals surface area contributed by atoms with Gasteiger partial charge in [-0.25, -0.2) is 9.59 Å². The molecule has 22 heavy (non-hydrogen) atoms. The number of halogens is 2. The van der Waals surface area contributed by atoms with E-state index >= 15 is 0 Å². The molecule has 0 spiro atoms. The predicted molar refractivity (Wildman–Crippen MR) is 72.7 cm³/mol. The molecule has 0 aliphatic rings. The quantitative estimate of drug-likeness (QED) is 0.369. The lowest BCUT2D eigenvalue weighted by Gasteiger charge is -2.30. The van der Waals surface area contributed by atoms with Crippen LogP contribution in [0, 0.1) is 0 Å². The summed E-state index contributed by atoms with van der Waals surface area (Å²) in [7, 11) is 0. The van der Waals surface area contributed by atoms with Crippen molar-refractivity contribution in [1.82, 2.24) is 0 Å². The van der Waals surface area contributed by atoms with Crippen LogP contribution >= 0.6 is 0 Å². The third-order valence-corrected chi connectivity index (χ3v) is 2.11. The molecular formula is C14H20F2O6. The number of carbonyl (C=O) groups excluding carboxylic acids is 2. The molecule has 0 aromatic carbocycles. The molecule has 0 bridgehead atoms. The van der Waals surface area contributed by atoms with Crippen LogP contribution in [0.4, 0.5) is 8.78 Å². The van der Waals surface area contributed by atoms with Gasteiger partial charge in [-0.3, -0.25) is 4.74 Å². The SMILES string of the molecule is C=C(C)C(=O)OC(C)(OCC(F)(F)OCC)OC(=O)C(=C)C. The number of esters is 2. The summed E-state index contributed by atoms with van der Waals surface area (Å²) in [5.41, 5.74) is -0.0597. The highest BCUT2D eigenvalue weighted by Crippen LogP contribution is 2.23. The van der Waals surface area contributed by atoms with Crippen LogP contribution < -0.4 is 0 Å².